The number of hydrogen-bond donors (Lipinski definition) is 1. The zero-order valence-electron chi connectivity index (χ0n) is 16.7. The molecule has 3 heterocycles. The summed E-state index contributed by atoms with van der Waals surface area (Å²) in [5.41, 5.74) is 0.314. The van der Waals surface area contributed by atoms with Crippen molar-refractivity contribution >= 4 is 28.5 Å². The van der Waals surface area contributed by atoms with Crippen molar-refractivity contribution in [2.75, 3.05) is 18.4 Å². The first-order chi connectivity index (χ1) is 14.4. The molecule has 154 valence electrons. The molecule has 1 aromatic carbocycles. The Kier molecular flexibility index (Phi) is 4.94. The molecule has 0 bridgehead atoms. The van der Waals surface area contributed by atoms with Crippen LogP contribution in [0, 0.1) is 0 Å². The number of aryl methyl sites for hydroxylation is 1. The molecule has 9 heteroatoms. The van der Waals surface area contributed by atoms with Crippen LogP contribution >= 0.6 is 0 Å². The van der Waals surface area contributed by atoms with E-state index in [0.717, 1.165) is 30.5 Å². The number of anilines is 1. The molecule has 1 aliphatic rings. The topological polar surface area (TPSA) is 106 Å². The third-order valence-electron chi connectivity index (χ3n) is 5.32. The smallest absolute Gasteiger partial charge is 0.332 e. The van der Waals surface area contributed by atoms with Crippen LogP contribution in [-0.4, -0.2) is 43.9 Å². The summed E-state index contributed by atoms with van der Waals surface area (Å²) in [4.78, 5) is 55.4. The van der Waals surface area contributed by atoms with Crippen molar-refractivity contribution < 1.29 is 9.59 Å². The zero-order chi connectivity index (χ0) is 21.4. The second-order valence-corrected chi connectivity index (χ2v) is 7.30. The van der Waals surface area contributed by atoms with E-state index in [2.05, 4.69) is 10.3 Å². The third kappa shape index (κ3) is 3.38. The molecular weight excluding hydrogens is 386 g/mol. The Balaban J connectivity index is 1.56. The normalized spacial score (nSPS) is 13.6. The first kappa shape index (κ1) is 19.6. The maximum atomic E-state index is 12.6. The molecule has 1 N–H and O–H groups in total. The van der Waals surface area contributed by atoms with E-state index in [4.69, 9.17) is 0 Å². The quantitative estimate of drug-likeness (QED) is 0.700. The van der Waals surface area contributed by atoms with Crippen LogP contribution in [-0.2, 0) is 14.1 Å². The van der Waals surface area contributed by atoms with Gasteiger partial charge >= 0.3 is 5.69 Å². The number of nitrogens with zero attached hydrogens (tertiary/aromatic N) is 4. The van der Waals surface area contributed by atoms with Gasteiger partial charge in [-0.3, -0.25) is 23.5 Å². The van der Waals surface area contributed by atoms with Gasteiger partial charge in [-0.1, -0.05) is 0 Å². The van der Waals surface area contributed by atoms with E-state index in [0.29, 0.717) is 11.3 Å². The van der Waals surface area contributed by atoms with Gasteiger partial charge in [0.2, 0.25) is 0 Å². The summed E-state index contributed by atoms with van der Waals surface area (Å²) in [5.74, 6) is -0.493. The lowest BCUT2D eigenvalue weighted by molar-refractivity contribution is 0.0792. The van der Waals surface area contributed by atoms with Crippen LogP contribution in [0.15, 0.2) is 46.0 Å². The van der Waals surface area contributed by atoms with Crippen LogP contribution in [0.5, 0.6) is 0 Å². The molecule has 3 aromatic rings. The van der Waals surface area contributed by atoms with Gasteiger partial charge in [-0.2, -0.15) is 0 Å². The number of nitrogens with one attached hydrogen (secondary N) is 1. The van der Waals surface area contributed by atoms with Crippen LogP contribution < -0.4 is 16.6 Å². The van der Waals surface area contributed by atoms with Crippen molar-refractivity contribution in [3.05, 3.63) is 68.5 Å². The fourth-order valence-corrected chi connectivity index (χ4v) is 3.57. The molecule has 30 heavy (non-hydrogen) atoms. The number of rotatable bonds is 3. The van der Waals surface area contributed by atoms with Crippen molar-refractivity contribution in [1.29, 1.82) is 0 Å². The number of amides is 2. The van der Waals surface area contributed by atoms with E-state index in [1.54, 1.807) is 24.3 Å². The van der Waals surface area contributed by atoms with Gasteiger partial charge in [0, 0.05) is 38.4 Å². The summed E-state index contributed by atoms with van der Waals surface area (Å²) >= 11 is 0. The van der Waals surface area contributed by atoms with Crippen molar-refractivity contribution in [1.82, 2.24) is 19.0 Å². The molecule has 9 nitrogen and oxygen atoms in total. The van der Waals surface area contributed by atoms with E-state index >= 15 is 0 Å². The third-order valence-corrected chi connectivity index (χ3v) is 5.32. The number of likely N-dealkylation sites (tertiary alicyclic amines) is 1. The highest BCUT2D eigenvalue weighted by Gasteiger charge is 2.19. The fourth-order valence-electron chi connectivity index (χ4n) is 3.57. The number of benzene rings is 1. The molecule has 1 saturated heterocycles. The van der Waals surface area contributed by atoms with E-state index in [-0.39, 0.29) is 22.6 Å². The molecule has 0 aliphatic carbocycles. The molecule has 0 saturated carbocycles. The Hall–Kier alpha value is -3.75. The summed E-state index contributed by atoms with van der Waals surface area (Å²) in [6.07, 6.45) is 2.05. The molecule has 4 rings (SSSR count). The Labute approximate surface area is 171 Å². The lowest BCUT2D eigenvalue weighted by atomic mass is 10.2. The van der Waals surface area contributed by atoms with Crippen molar-refractivity contribution in [3.63, 3.8) is 0 Å². The molecular formula is C21H21N5O4. The fraction of sp³-hybridized carbons (Fsp3) is 0.286. The summed E-state index contributed by atoms with van der Waals surface area (Å²) in [6, 6.07) is 9.60. The first-order valence-electron chi connectivity index (χ1n) is 9.64. The van der Waals surface area contributed by atoms with Gasteiger partial charge in [-0.05, 0) is 49.2 Å². The summed E-state index contributed by atoms with van der Waals surface area (Å²) in [5, 5.41) is 2.97. The lowest BCUT2D eigenvalue weighted by Gasteiger charge is -2.15. The summed E-state index contributed by atoms with van der Waals surface area (Å²) < 4.78 is 2.22. The maximum absolute atomic E-state index is 12.6. The average Bonchev–Trinajstić information content (AvgIpc) is 3.30. The number of carbonyl (C=O) groups excluding carboxylic acids is 2. The van der Waals surface area contributed by atoms with Crippen LogP contribution in [0.1, 0.15) is 33.7 Å². The van der Waals surface area contributed by atoms with Crippen LogP contribution in [0.2, 0.25) is 0 Å². The van der Waals surface area contributed by atoms with Gasteiger partial charge < -0.3 is 10.2 Å². The van der Waals surface area contributed by atoms with Gasteiger partial charge in [0.25, 0.3) is 17.4 Å². The number of hydrogen-bond acceptors (Lipinski definition) is 5. The minimum absolute atomic E-state index is 0.0101. The highest BCUT2D eigenvalue weighted by Crippen LogP contribution is 2.16. The average molecular weight is 407 g/mol. The van der Waals surface area contributed by atoms with Crippen molar-refractivity contribution in [3.8, 4) is 0 Å². The molecule has 0 atom stereocenters. The highest BCUT2D eigenvalue weighted by atomic mass is 16.2. The Morgan fingerprint density at radius 2 is 1.60 bits per heavy atom. The van der Waals surface area contributed by atoms with Crippen LogP contribution in [0.3, 0.4) is 0 Å². The zero-order valence-corrected chi connectivity index (χ0v) is 16.7. The molecule has 1 aliphatic heterocycles. The lowest BCUT2D eigenvalue weighted by Crippen LogP contribution is -2.37. The number of pyridine rings is 1. The van der Waals surface area contributed by atoms with E-state index in [1.165, 1.54) is 30.8 Å². The van der Waals surface area contributed by atoms with Gasteiger partial charge in [-0.25, -0.2) is 9.78 Å². The summed E-state index contributed by atoms with van der Waals surface area (Å²) in [6.45, 7) is 1.55. The molecule has 0 radical (unpaired) electrons. The highest BCUT2D eigenvalue weighted by molar-refractivity contribution is 6.04. The van der Waals surface area contributed by atoms with Gasteiger partial charge in [0.05, 0.1) is 5.39 Å². The largest absolute Gasteiger partial charge is 0.339 e. The number of aromatic nitrogens is 3. The second-order valence-electron chi connectivity index (χ2n) is 7.30. The minimum Gasteiger partial charge on any atom is -0.339 e. The van der Waals surface area contributed by atoms with Gasteiger partial charge in [-0.15, -0.1) is 0 Å². The van der Waals surface area contributed by atoms with Gasteiger partial charge in [0.1, 0.15) is 11.3 Å². The van der Waals surface area contributed by atoms with Crippen LogP contribution in [0.4, 0.5) is 5.69 Å². The first-order valence-corrected chi connectivity index (χ1v) is 9.64. The molecule has 1 fully saturated rings. The van der Waals surface area contributed by atoms with E-state index < -0.39 is 17.2 Å². The van der Waals surface area contributed by atoms with Gasteiger partial charge in [0.15, 0.2) is 0 Å². The predicted molar refractivity (Wildman–Crippen MR) is 112 cm³/mol. The molecule has 2 amide bonds. The van der Waals surface area contributed by atoms with E-state index in [9.17, 15) is 19.2 Å². The Bertz CT molecular complexity index is 1270. The number of fused-ring (bicyclic) bond motifs is 1. The number of carbonyl (C=O) groups is 2. The Morgan fingerprint density at radius 1 is 0.933 bits per heavy atom. The standard InChI is InChI=1S/C21H21N5O4/c1-24-17-15(20(29)25(2)21(24)30)9-10-16(23-17)18(27)22-14-7-5-13(6-8-14)19(28)26-11-3-4-12-26/h5-10H,3-4,11-12H2,1-2H3,(H,22,27). The SMILES string of the molecule is Cn1c(=O)c2ccc(C(=O)Nc3ccc(C(=O)N4CCCC4)cc3)nc2n(C)c1=O. The second kappa shape index (κ2) is 7.58. The van der Waals surface area contributed by atoms with Crippen molar-refractivity contribution in [2.24, 2.45) is 14.1 Å². The maximum Gasteiger partial charge on any atom is 0.332 e. The predicted octanol–water partition coefficient (Wildman–Crippen LogP) is 1.12. The Morgan fingerprint density at radius 3 is 2.27 bits per heavy atom. The molecule has 0 spiro atoms. The molecule has 2 aromatic heterocycles. The molecule has 0 unspecified atom stereocenters. The van der Waals surface area contributed by atoms with Crippen LogP contribution in [0.25, 0.3) is 11.0 Å². The monoisotopic (exact) mass is 407 g/mol. The van der Waals surface area contributed by atoms with Crippen molar-refractivity contribution in [2.45, 2.75) is 12.8 Å². The summed E-state index contributed by atoms with van der Waals surface area (Å²) in [7, 11) is 2.89. The minimum atomic E-state index is -0.518. The van der Waals surface area contributed by atoms with E-state index in [1.807, 2.05) is 4.90 Å².